The van der Waals surface area contributed by atoms with Gasteiger partial charge in [0.2, 0.25) is 0 Å². The summed E-state index contributed by atoms with van der Waals surface area (Å²) in [5.41, 5.74) is 0.642. The number of hydrogen-bond donors (Lipinski definition) is 0. The molecule has 0 saturated carbocycles. The second kappa shape index (κ2) is 6.69. The van der Waals surface area contributed by atoms with Crippen molar-refractivity contribution in [3.05, 3.63) is 48.0 Å². The molecule has 103 valence electrons. The Morgan fingerprint density at radius 1 is 1.10 bits per heavy atom. The minimum absolute atomic E-state index is 0.206. The maximum absolute atomic E-state index is 12.4. The van der Waals surface area contributed by atoms with Crippen molar-refractivity contribution in [1.29, 1.82) is 0 Å². The Morgan fingerprint density at radius 3 is 2.45 bits per heavy atom. The fraction of sp³-hybridized carbons (Fsp3) is 0.250. The fourth-order valence-corrected chi connectivity index (χ4v) is 2.84. The van der Waals surface area contributed by atoms with Crippen LogP contribution in [0.1, 0.15) is 24.2 Å². The third-order valence-corrected chi connectivity index (χ3v) is 3.98. The molecule has 0 atom stereocenters. The Kier molecular flexibility index (Phi) is 4.94. The Morgan fingerprint density at radius 2 is 1.75 bits per heavy atom. The first-order valence-corrected chi connectivity index (χ1v) is 7.55. The number of hydrogen-bond acceptors (Lipinski definition) is 1. The van der Waals surface area contributed by atoms with Crippen LogP contribution in [-0.2, 0) is 0 Å². The van der Waals surface area contributed by atoms with Gasteiger partial charge >= 0.3 is 127 Å². The van der Waals surface area contributed by atoms with Crippen LogP contribution in [0.15, 0.2) is 47.5 Å². The third-order valence-electron chi connectivity index (χ3n) is 3.25. The zero-order valence-electron chi connectivity index (χ0n) is 11.7. The zero-order valence-corrected chi connectivity index (χ0v) is 13.4. The summed E-state index contributed by atoms with van der Waals surface area (Å²) in [5, 5.41) is 1.99. The van der Waals surface area contributed by atoms with Gasteiger partial charge in [-0.3, -0.25) is 0 Å². The summed E-state index contributed by atoms with van der Waals surface area (Å²) < 4.78 is 0.646. The van der Waals surface area contributed by atoms with Gasteiger partial charge in [-0.15, -0.1) is 0 Å². The van der Waals surface area contributed by atoms with E-state index in [1.54, 1.807) is 0 Å². The van der Waals surface area contributed by atoms with Crippen LogP contribution >= 0.6 is 0 Å². The molecule has 1 radical (unpaired) electrons. The van der Waals surface area contributed by atoms with E-state index in [9.17, 15) is 4.79 Å². The first-order chi connectivity index (χ1) is 9.67. The van der Waals surface area contributed by atoms with Gasteiger partial charge in [-0.05, 0) is 0 Å². The van der Waals surface area contributed by atoms with Gasteiger partial charge in [-0.25, -0.2) is 0 Å². The van der Waals surface area contributed by atoms with Crippen LogP contribution in [0, 0.1) is 0 Å². The van der Waals surface area contributed by atoms with Gasteiger partial charge in [-0.1, -0.05) is 0 Å². The summed E-state index contributed by atoms with van der Waals surface area (Å²) in [6.07, 6.45) is 0. The molecular formula is C16H17N2OSe. The summed E-state index contributed by atoms with van der Waals surface area (Å²) >= 11 is 2.88. The summed E-state index contributed by atoms with van der Waals surface area (Å²) in [5.74, 6) is -0.206. The van der Waals surface area contributed by atoms with Crippen molar-refractivity contribution in [3.8, 4) is 0 Å². The molecule has 0 heterocycles. The number of amidine groups is 1. The van der Waals surface area contributed by atoms with Crippen LogP contribution < -0.4 is 0 Å². The first-order valence-electron chi connectivity index (χ1n) is 6.70. The van der Waals surface area contributed by atoms with Crippen LogP contribution in [0.5, 0.6) is 0 Å². The third kappa shape index (κ3) is 3.09. The van der Waals surface area contributed by atoms with Gasteiger partial charge in [-0.2, -0.15) is 0 Å². The number of rotatable bonds is 3. The molecule has 4 heteroatoms. The van der Waals surface area contributed by atoms with Gasteiger partial charge in [0, 0.05) is 0 Å². The Labute approximate surface area is 127 Å². The number of amides is 1. The van der Waals surface area contributed by atoms with Crippen LogP contribution in [0.3, 0.4) is 0 Å². The van der Waals surface area contributed by atoms with Crippen molar-refractivity contribution in [2.24, 2.45) is 4.99 Å². The fourth-order valence-electron chi connectivity index (χ4n) is 2.12. The standard InChI is InChI=1S/C16H17N2OSe/c1-3-18(4-2)16(20)17-15(19)14-11-7-9-12-8-5-6-10-13(12)14/h5-11H,3-4H2,1-2H3. The molecule has 1 amide bonds. The average Bonchev–Trinajstić information content (AvgIpc) is 2.47. The van der Waals surface area contributed by atoms with E-state index in [0.29, 0.717) is 10.3 Å². The molecule has 3 nitrogen and oxygen atoms in total. The molecule has 0 aliphatic rings. The molecule has 0 unspecified atom stereocenters. The maximum atomic E-state index is 12.4. The quantitative estimate of drug-likeness (QED) is 0.492. The molecule has 2 aromatic rings. The summed E-state index contributed by atoms with van der Waals surface area (Å²) in [7, 11) is 0. The molecule has 0 fully saturated rings. The number of carbonyl (C=O) groups is 1. The van der Waals surface area contributed by atoms with Crippen molar-refractivity contribution in [2.45, 2.75) is 13.8 Å². The summed E-state index contributed by atoms with van der Waals surface area (Å²) in [6, 6.07) is 13.6. The molecular weight excluding hydrogens is 315 g/mol. The minimum atomic E-state index is -0.206. The van der Waals surface area contributed by atoms with Gasteiger partial charge in [0.1, 0.15) is 0 Å². The zero-order chi connectivity index (χ0) is 14.5. The number of aliphatic imine (C=N–C) groups is 1. The number of nitrogens with zero attached hydrogens (tertiary/aromatic N) is 2. The van der Waals surface area contributed by atoms with Gasteiger partial charge in [0.05, 0.1) is 0 Å². The molecule has 0 saturated heterocycles. The molecule has 2 rings (SSSR count). The summed E-state index contributed by atoms with van der Waals surface area (Å²) in [6.45, 7) is 5.73. The number of carbonyl (C=O) groups excluding carboxylic acids is 1. The van der Waals surface area contributed by atoms with Gasteiger partial charge in [0.25, 0.3) is 0 Å². The molecule has 0 aliphatic heterocycles. The van der Waals surface area contributed by atoms with Crippen LogP contribution in [0.25, 0.3) is 10.8 Å². The Hall–Kier alpha value is -1.64. The molecule has 2 aromatic carbocycles. The molecule has 0 aliphatic carbocycles. The van der Waals surface area contributed by atoms with E-state index >= 15 is 0 Å². The first kappa shape index (κ1) is 14.8. The Bertz CT molecular complexity index is 642. The van der Waals surface area contributed by atoms with E-state index in [1.165, 1.54) is 0 Å². The van der Waals surface area contributed by atoms with E-state index in [0.717, 1.165) is 23.9 Å². The van der Waals surface area contributed by atoms with Crippen molar-refractivity contribution >= 4 is 37.4 Å². The molecule has 0 N–H and O–H groups in total. The molecule has 20 heavy (non-hydrogen) atoms. The van der Waals surface area contributed by atoms with Crippen LogP contribution in [-0.4, -0.2) is 44.6 Å². The topological polar surface area (TPSA) is 32.7 Å². The van der Waals surface area contributed by atoms with E-state index in [4.69, 9.17) is 0 Å². The second-order valence-corrected chi connectivity index (χ2v) is 5.16. The predicted molar refractivity (Wildman–Crippen MR) is 84.4 cm³/mol. The van der Waals surface area contributed by atoms with Crippen molar-refractivity contribution in [1.82, 2.24) is 4.90 Å². The van der Waals surface area contributed by atoms with E-state index in [1.807, 2.05) is 61.2 Å². The van der Waals surface area contributed by atoms with Crippen molar-refractivity contribution < 1.29 is 4.79 Å². The monoisotopic (exact) mass is 333 g/mol. The average molecular weight is 332 g/mol. The number of fused-ring (bicyclic) bond motifs is 1. The van der Waals surface area contributed by atoms with Crippen LogP contribution in [0.2, 0.25) is 0 Å². The van der Waals surface area contributed by atoms with Crippen molar-refractivity contribution in [3.63, 3.8) is 0 Å². The SMILES string of the molecule is CCN(CC)C([Se])=NC(=O)c1cccc2ccccc12. The molecule has 0 spiro atoms. The number of benzene rings is 2. The molecule has 0 aromatic heterocycles. The van der Waals surface area contributed by atoms with Crippen molar-refractivity contribution in [2.75, 3.05) is 13.1 Å². The predicted octanol–water partition coefficient (Wildman–Crippen LogP) is 2.85. The normalized spacial score (nSPS) is 11.6. The summed E-state index contributed by atoms with van der Waals surface area (Å²) in [4.78, 5) is 18.6. The van der Waals surface area contributed by atoms with E-state index in [2.05, 4.69) is 21.0 Å². The Balaban J connectivity index is 2.39. The van der Waals surface area contributed by atoms with Gasteiger partial charge < -0.3 is 0 Å². The van der Waals surface area contributed by atoms with Gasteiger partial charge in [0.15, 0.2) is 0 Å². The second-order valence-electron chi connectivity index (χ2n) is 4.40. The van der Waals surface area contributed by atoms with Crippen LogP contribution in [0.4, 0.5) is 0 Å². The van der Waals surface area contributed by atoms with E-state index < -0.39 is 0 Å². The van der Waals surface area contributed by atoms with E-state index in [-0.39, 0.29) is 5.91 Å². The molecule has 0 bridgehead atoms.